The summed E-state index contributed by atoms with van der Waals surface area (Å²) in [7, 11) is 0. The molecule has 1 aromatic carbocycles. The van der Waals surface area contributed by atoms with Crippen LogP contribution in [0.5, 0.6) is 0 Å². The Balaban J connectivity index is 1.69. The fourth-order valence-corrected chi connectivity index (χ4v) is 3.76. The second-order valence-electron chi connectivity index (χ2n) is 8.20. The third-order valence-electron chi connectivity index (χ3n) is 5.43. The number of nitrogens with zero attached hydrogens (tertiary/aromatic N) is 2. The number of hydrogen-bond acceptors (Lipinski definition) is 4. The van der Waals surface area contributed by atoms with E-state index in [0.29, 0.717) is 12.8 Å². The van der Waals surface area contributed by atoms with Crippen molar-refractivity contribution >= 4 is 16.7 Å². The number of halogens is 4. The Kier molecular flexibility index (Phi) is 4.27. The molecule has 2 fully saturated rings. The van der Waals surface area contributed by atoms with Crippen LogP contribution in [0.25, 0.3) is 10.8 Å². The molecule has 2 aliphatic rings. The summed E-state index contributed by atoms with van der Waals surface area (Å²) >= 11 is 0. The molecule has 0 saturated heterocycles. The van der Waals surface area contributed by atoms with E-state index in [4.69, 9.17) is 0 Å². The second kappa shape index (κ2) is 6.25. The lowest BCUT2D eigenvalue weighted by atomic mass is 9.77. The van der Waals surface area contributed by atoms with Crippen molar-refractivity contribution in [3.63, 3.8) is 0 Å². The molecule has 0 atom stereocenters. The summed E-state index contributed by atoms with van der Waals surface area (Å²) in [6.07, 6.45) is -3.72. The van der Waals surface area contributed by atoms with E-state index in [1.807, 2.05) is 0 Å². The molecule has 0 unspecified atom stereocenters. The van der Waals surface area contributed by atoms with Crippen molar-refractivity contribution in [3.05, 3.63) is 39.8 Å². The number of hydrogen-bond donors (Lipinski definition) is 2. The maximum atomic E-state index is 14.8. The molecule has 1 heterocycles. The smallest absolute Gasteiger partial charge is 0.390 e. The first kappa shape index (κ1) is 19.8. The summed E-state index contributed by atoms with van der Waals surface area (Å²) in [5, 5.41) is 16.0. The van der Waals surface area contributed by atoms with E-state index < -0.39 is 41.0 Å². The van der Waals surface area contributed by atoms with Crippen LogP contribution in [0.1, 0.15) is 43.9 Å². The Morgan fingerprint density at radius 1 is 1.31 bits per heavy atom. The molecule has 2 saturated carbocycles. The zero-order valence-corrected chi connectivity index (χ0v) is 15.5. The van der Waals surface area contributed by atoms with Gasteiger partial charge in [0.15, 0.2) is 5.67 Å². The average Bonchev–Trinajstić information content (AvgIpc) is 3.33. The van der Waals surface area contributed by atoms with Crippen LogP contribution in [0.4, 0.5) is 17.6 Å². The molecule has 0 spiro atoms. The molecule has 2 aromatic rings. The predicted octanol–water partition coefficient (Wildman–Crippen LogP) is 2.40. The summed E-state index contributed by atoms with van der Waals surface area (Å²) in [4.78, 5) is 24.9. The minimum atomic E-state index is -4.64. The first-order valence-electron chi connectivity index (χ1n) is 9.21. The third kappa shape index (κ3) is 3.73. The largest absolute Gasteiger partial charge is 0.416 e. The van der Waals surface area contributed by atoms with Crippen LogP contribution in [0.3, 0.4) is 0 Å². The molecule has 0 bridgehead atoms. The standard InChI is InChI=1S/C19H19F4N3O3/c1-17(29)7-11(8-17)24-14(27)9-26-16(28)12-3-2-10(19(21,22)23)6-13(12)15(25-26)18(20)4-5-18/h2-3,6,11,29H,4-5,7-9H2,1H3,(H,24,27)/t11-,17+. The summed E-state index contributed by atoms with van der Waals surface area (Å²) in [6, 6.07) is 2.25. The Labute approximate surface area is 162 Å². The monoisotopic (exact) mass is 413 g/mol. The van der Waals surface area contributed by atoms with E-state index in [1.54, 1.807) is 6.92 Å². The number of alkyl halides is 4. The van der Waals surface area contributed by atoms with Gasteiger partial charge >= 0.3 is 6.18 Å². The zero-order chi connectivity index (χ0) is 21.2. The normalized spacial score (nSPS) is 25.5. The van der Waals surface area contributed by atoms with Crippen LogP contribution in [0, 0.1) is 0 Å². The quantitative estimate of drug-likeness (QED) is 0.754. The van der Waals surface area contributed by atoms with Crippen molar-refractivity contribution in [1.82, 2.24) is 15.1 Å². The van der Waals surface area contributed by atoms with Gasteiger partial charge in [-0.1, -0.05) is 0 Å². The predicted molar refractivity (Wildman–Crippen MR) is 94.8 cm³/mol. The first-order chi connectivity index (χ1) is 13.4. The highest BCUT2D eigenvalue weighted by molar-refractivity contribution is 5.86. The number of carbonyl (C=O) groups excluding carboxylic acids is 1. The molecule has 0 radical (unpaired) electrons. The molecule has 1 amide bonds. The number of aliphatic hydroxyl groups is 1. The zero-order valence-electron chi connectivity index (χ0n) is 15.5. The van der Waals surface area contributed by atoms with Gasteiger partial charge in [0, 0.05) is 11.4 Å². The van der Waals surface area contributed by atoms with Gasteiger partial charge in [0.2, 0.25) is 5.91 Å². The van der Waals surface area contributed by atoms with Crippen molar-refractivity contribution in [1.29, 1.82) is 0 Å². The van der Waals surface area contributed by atoms with Crippen molar-refractivity contribution in [3.8, 4) is 0 Å². The molecule has 1 aromatic heterocycles. The lowest BCUT2D eigenvalue weighted by Crippen LogP contribution is -2.54. The molecule has 156 valence electrons. The van der Waals surface area contributed by atoms with Crippen molar-refractivity contribution < 1.29 is 27.5 Å². The Morgan fingerprint density at radius 2 is 1.97 bits per heavy atom. The Bertz CT molecular complexity index is 1050. The van der Waals surface area contributed by atoms with E-state index >= 15 is 0 Å². The topological polar surface area (TPSA) is 84.2 Å². The summed E-state index contributed by atoms with van der Waals surface area (Å²) in [5.74, 6) is -0.541. The van der Waals surface area contributed by atoms with Gasteiger partial charge in [-0.2, -0.15) is 18.3 Å². The molecule has 2 aliphatic carbocycles. The van der Waals surface area contributed by atoms with Gasteiger partial charge in [-0.25, -0.2) is 9.07 Å². The van der Waals surface area contributed by atoms with Crippen LogP contribution < -0.4 is 10.9 Å². The number of carbonyl (C=O) groups is 1. The summed E-state index contributed by atoms with van der Waals surface area (Å²) < 4.78 is 54.8. The van der Waals surface area contributed by atoms with Gasteiger partial charge in [-0.3, -0.25) is 9.59 Å². The average molecular weight is 413 g/mol. The van der Waals surface area contributed by atoms with Gasteiger partial charge < -0.3 is 10.4 Å². The maximum absolute atomic E-state index is 14.8. The Hall–Kier alpha value is -2.49. The highest BCUT2D eigenvalue weighted by atomic mass is 19.4. The molecular weight excluding hydrogens is 394 g/mol. The summed E-state index contributed by atoms with van der Waals surface area (Å²) in [6.45, 7) is 1.15. The Morgan fingerprint density at radius 3 is 2.52 bits per heavy atom. The van der Waals surface area contributed by atoms with Crippen LogP contribution in [0.2, 0.25) is 0 Å². The van der Waals surface area contributed by atoms with Gasteiger partial charge in [0.05, 0.1) is 16.6 Å². The SMILES string of the molecule is C[C@]1(O)C[C@@H](NC(=O)Cn2nc(C3(F)CC3)c3cc(C(F)(F)F)ccc3c2=O)C1. The lowest BCUT2D eigenvalue weighted by molar-refractivity contribution is -0.137. The highest BCUT2D eigenvalue weighted by Gasteiger charge is 2.48. The lowest BCUT2D eigenvalue weighted by Gasteiger charge is -2.41. The fraction of sp³-hybridized carbons (Fsp3) is 0.526. The molecule has 2 N–H and O–H groups in total. The molecular formula is C19H19F4N3O3. The molecule has 29 heavy (non-hydrogen) atoms. The number of amides is 1. The van der Waals surface area contributed by atoms with E-state index in [2.05, 4.69) is 10.4 Å². The number of rotatable bonds is 4. The van der Waals surface area contributed by atoms with Gasteiger partial charge in [0.25, 0.3) is 5.56 Å². The van der Waals surface area contributed by atoms with E-state index in [0.717, 1.165) is 22.9 Å². The first-order valence-corrected chi connectivity index (χ1v) is 9.21. The molecule has 4 rings (SSSR count). The van der Waals surface area contributed by atoms with Crippen molar-refractivity contribution in [2.75, 3.05) is 0 Å². The highest BCUT2D eigenvalue weighted by Crippen LogP contribution is 2.50. The third-order valence-corrected chi connectivity index (χ3v) is 5.43. The molecule has 0 aliphatic heterocycles. The van der Waals surface area contributed by atoms with Gasteiger partial charge in [0.1, 0.15) is 12.2 Å². The number of nitrogens with one attached hydrogen (secondary N) is 1. The van der Waals surface area contributed by atoms with E-state index in [1.165, 1.54) is 0 Å². The van der Waals surface area contributed by atoms with Gasteiger partial charge in [-0.05, 0) is 50.8 Å². The summed E-state index contributed by atoms with van der Waals surface area (Å²) in [5.41, 5.74) is -4.76. The fourth-order valence-electron chi connectivity index (χ4n) is 3.76. The van der Waals surface area contributed by atoms with E-state index in [-0.39, 0.29) is 35.3 Å². The van der Waals surface area contributed by atoms with Crippen molar-refractivity contribution in [2.24, 2.45) is 0 Å². The minimum Gasteiger partial charge on any atom is -0.390 e. The number of fused-ring (bicyclic) bond motifs is 1. The van der Waals surface area contributed by atoms with Gasteiger partial charge in [-0.15, -0.1) is 0 Å². The number of aromatic nitrogens is 2. The van der Waals surface area contributed by atoms with Crippen LogP contribution in [-0.2, 0) is 23.2 Å². The molecule has 10 heteroatoms. The maximum Gasteiger partial charge on any atom is 0.416 e. The number of benzene rings is 1. The van der Waals surface area contributed by atoms with Crippen molar-refractivity contribution in [2.45, 2.75) is 62.6 Å². The van der Waals surface area contributed by atoms with Crippen LogP contribution >= 0.6 is 0 Å². The van der Waals surface area contributed by atoms with E-state index in [9.17, 15) is 32.3 Å². The van der Waals surface area contributed by atoms with Crippen LogP contribution in [-0.4, -0.2) is 32.4 Å². The van der Waals surface area contributed by atoms with Crippen LogP contribution in [0.15, 0.2) is 23.0 Å². The minimum absolute atomic E-state index is 0.0902. The second-order valence-corrected chi connectivity index (χ2v) is 8.20. The molecule has 6 nitrogen and oxygen atoms in total.